The highest BCUT2D eigenvalue weighted by Gasteiger charge is 2.73. The number of nitrogens with zero attached hydrogens (tertiary/aromatic N) is 7. The average molecular weight is 1440 g/mol. The summed E-state index contributed by atoms with van der Waals surface area (Å²) in [7, 11) is 0. The van der Waals surface area contributed by atoms with E-state index in [4.69, 9.17) is 4.98 Å². The summed E-state index contributed by atoms with van der Waals surface area (Å²) in [6, 6.07) is 64.6. The SMILES string of the molecule is CC1(C)C2CCCNC2N2C3NCCCC3C3C4C5CCCCC5N(c5ccccc5)C4CC1C32.CC1(C)C2CCCNC2N2C3NCCCC3C3CC4C(C5CCCCC5N4c4ccccc4)C1C32.CC1(C)c2ccccc2N2c3ncccc3C(C)(C)c3c2c1cc1c3c2ccccc2n1-c1cc#ccc1. The first kappa shape index (κ1) is 68.1. The molecule has 4 aliphatic carbocycles. The summed E-state index contributed by atoms with van der Waals surface area (Å²) in [6.45, 7) is 25.1. The molecule has 562 valence electrons. The summed E-state index contributed by atoms with van der Waals surface area (Å²) in [5.74, 6) is 11.2. The first-order valence-corrected chi connectivity index (χ1v) is 43.7. The van der Waals surface area contributed by atoms with Gasteiger partial charge in [0.2, 0.25) is 0 Å². The third-order valence-corrected chi connectivity index (χ3v) is 33.8. The fraction of sp³-hybridized carbons (Fsp3) is 0.577. The maximum Gasteiger partial charge on any atom is 0.141 e. The van der Waals surface area contributed by atoms with E-state index in [1.165, 1.54) is 209 Å². The summed E-state index contributed by atoms with van der Waals surface area (Å²) in [6.07, 6.45) is 29.9. The highest BCUT2D eigenvalue weighted by Crippen LogP contribution is 2.70. The number of para-hydroxylation sites is 4. The monoisotopic (exact) mass is 1440 g/mol. The zero-order valence-electron chi connectivity index (χ0n) is 65.8. The molecule has 11 heteroatoms. The third kappa shape index (κ3) is 9.58. The Bertz CT molecular complexity index is 4660. The molecule has 22 unspecified atom stereocenters. The fourth-order valence-electron chi connectivity index (χ4n) is 30.0. The van der Waals surface area contributed by atoms with E-state index in [1.54, 1.807) is 0 Å². The van der Waals surface area contributed by atoms with Gasteiger partial charge in [0.25, 0.3) is 0 Å². The third-order valence-electron chi connectivity index (χ3n) is 33.8. The van der Waals surface area contributed by atoms with Crippen molar-refractivity contribution in [1.82, 2.24) is 40.6 Å². The molecule has 4 saturated carbocycles. The van der Waals surface area contributed by atoms with Crippen molar-refractivity contribution in [3.05, 3.63) is 186 Å². The molecule has 24 rings (SSSR count). The van der Waals surface area contributed by atoms with E-state index in [0.717, 1.165) is 119 Å². The van der Waals surface area contributed by atoms with Crippen LogP contribution in [-0.2, 0) is 10.8 Å². The molecular formula is C97H119N11. The second kappa shape index (κ2) is 25.4. The van der Waals surface area contributed by atoms with Crippen LogP contribution in [0.15, 0.2) is 152 Å². The topological polar surface area (TPSA) is 82.1 Å². The summed E-state index contributed by atoms with van der Waals surface area (Å²) in [5, 5.41) is 19.0. The Morgan fingerprint density at radius 3 is 1.69 bits per heavy atom. The summed E-state index contributed by atoms with van der Waals surface area (Å²) in [5.41, 5.74) is 14.7. The summed E-state index contributed by atoms with van der Waals surface area (Å²) >= 11 is 0. The predicted molar refractivity (Wildman–Crippen MR) is 439 cm³/mol. The molecule has 2 aromatic heterocycles. The van der Waals surface area contributed by atoms with E-state index in [1.807, 2.05) is 18.3 Å². The van der Waals surface area contributed by atoms with Gasteiger partial charge >= 0.3 is 0 Å². The molecule has 0 spiro atoms. The zero-order chi connectivity index (χ0) is 72.4. The van der Waals surface area contributed by atoms with Gasteiger partial charge in [-0.3, -0.25) is 14.7 Å². The molecule has 6 aromatic carbocycles. The molecular weight excluding hydrogens is 1320 g/mol. The minimum atomic E-state index is -0.252. The lowest BCUT2D eigenvalue weighted by Gasteiger charge is -2.64. The van der Waals surface area contributed by atoms with Crippen molar-refractivity contribution in [2.24, 2.45) is 81.8 Å². The van der Waals surface area contributed by atoms with E-state index in [-0.39, 0.29) is 10.8 Å². The standard InChI is InChI=1S/C35H27N3.2C31H46N4/c1-34(2)24-16-9-11-19-28(24)38-32-26(34)21-29-30(31(32)35(3,4)25-17-12-20-36-33(25)38)23-15-8-10-18-27(23)37(29)22-13-6-5-7-14-22;1-31(2)23-14-9-17-33-30(23)35-28-22(20-13-8-16-32-29(20)35)18-25-26(27(28)31)21-12-6-7-15-24(21)34(25)19-10-4-3-5-11-19;1-31(2)22-14-9-17-33-30(22)35-28-23(31)18-25-26(27(28)21-13-8-16-32-29(21)35)20-12-6-7-15-24(20)34(25)19-10-4-3-5-11-19/h6,8-21H,1-4H3;2*3-5,10-11,20-30,32-33H,6-9,12-18H2,1-2H3. The lowest BCUT2D eigenvalue weighted by Crippen LogP contribution is -2.72. The minimum absolute atomic E-state index is 0.189. The Kier molecular flexibility index (Phi) is 16.0. The van der Waals surface area contributed by atoms with Crippen LogP contribution < -0.4 is 36.0 Å². The predicted octanol–water partition coefficient (Wildman–Crippen LogP) is 18.7. The van der Waals surface area contributed by atoms with Crippen molar-refractivity contribution in [2.75, 3.05) is 40.9 Å². The second-order valence-electron chi connectivity index (χ2n) is 39.4. The molecule has 0 amide bonds. The number of anilines is 5. The van der Waals surface area contributed by atoms with Crippen molar-refractivity contribution in [3.8, 4) is 5.69 Å². The number of hydrogen-bond donors (Lipinski definition) is 4. The first-order valence-electron chi connectivity index (χ1n) is 43.7. The van der Waals surface area contributed by atoms with Gasteiger partial charge in [-0.1, -0.05) is 172 Å². The van der Waals surface area contributed by atoms with Crippen LogP contribution in [0.3, 0.4) is 0 Å². The highest BCUT2D eigenvalue weighted by molar-refractivity contribution is 6.15. The van der Waals surface area contributed by atoms with Gasteiger partial charge < -0.3 is 35.6 Å². The summed E-state index contributed by atoms with van der Waals surface area (Å²) < 4.78 is 2.40. The Hall–Kier alpha value is -6.75. The van der Waals surface area contributed by atoms with Crippen LogP contribution in [0.2, 0.25) is 0 Å². The van der Waals surface area contributed by atoms with E-state index < -0.39 is 0 Å². The maximum absolute atomic E-state index is 5.00. The largest absolute Gasteiger partial charge is 0.365 e. The molecule has 0 radical (unpaired) electrons. The maximum atomic E-state index is 5.00. The van der Waals surface area contributed by atoms with E-state index in [2.05, 4.69) is 251 Å². The Morgan fingerprint density at radius 2 is 1.00 bits per heavy atom. The fourth-order valence-corrected chi connectivity index (χ4v) is 30.0. The number of aromatic nitrogens is 2. The van der Waals surface area contributed by atoms with Gasteiger partial charge in [0, 0.05) is 87.1 Å². The van der Waals surface area contributed by atoms with Crippen molar-refractivity contribution in [2.45, 2.75) is 243 Å². The Balaban J connectivity index is 0.000000101. The van der Waals surface area contributed by atoms with Crippen LogP contribution in [-0.4, -0.2) is 106 Å². The van der Waals surface area contributed by atoms with Crippen LogP contribution in [0.5, 0.6) is 0 Å². The van der Waals surface area contributed by atoms with Crippen LogP contribution in [0.25, 0.3) is 27.5 Å². The quantitative estimate of drug-likeness (QED) is 0.137. The van der Waals surface area contributed by atoms with Gasteiger partial charge in [0.05, 0.1) is 52.8 Å². The van der Waals surface area contributed by atoms with Crippen molar-refractivity contribution in [1.29, 1.82) is 0 Å². The lowest BCUT2D eigenvalue weighted by molar-refractivity contribution is -0.158. The van der Waals surface area contributed by atoms with E-state index in [0.29, 0.717) is 35.5 Å². The lowest BCUT2D eigenvalue weighted by atomic mass is 9.49. The molecule has 14 heterocycles. The first-order chi connectivity index (χ1) is 52.7. The molecule has 108 heavy (non-hydrogen) atoms. The zero-order valence-corrected chi connectivity index (χ0v) is 65.8. The molecule has 10 saturated heterocycles. The normalized spacial score (nSPS) is 38.1. The molecule has 22 atom stereocenters. The van der Waals surface area contributed by atoms with E-state index >= 15 is 0 Å². The van der Waals surface area contributed by atoms with Crippen LogP contribution >= 0.6 is 0 Å². The molecule has 14 fully saturated rings. The second-order valence-corrected chi connectivity index (χ2v) is 39.4. The molecule has 11 nitrogen and oxygen atoms in total. The van der Waals surface area contributed by atoms with Crippen molar-refractivity contribution < 1.29 is 0 Å². The van der Waals surface area contributed by atoms with Crippen molar-refractivity contribution in [3.63, 3.8) is 0 Å². The van der Waals surface area contributed by atoms with Crippen LogP contribution in [0, 0.1) is 94.0 Å². The number of pyridine rings is 1. The molecule has 12 aliphatic heterocycles. The number of fused-ring (bicyclic) bond motifs is 26. The van der Waals surface area contributed by atoms with Gasteiger partial charge in [-0.15, -0.1) is 0 Å². The minimum Gasteiger partial charge on any atom is -0.365 e. The van der Waals surface area contributed by atoms with Gasteiger partial charge in [0.15, 0.2) is 0 Å². The van der Waals surface area contributed by atoms with Gasteiger partial charge in [-0.25, -0.2) is 4.98 Å². The highest BCUT2D eigenvalue weighted by atomic mass is 15.4. The van der Waals surface area contributed by atoms with Crippen molar-refractivity contribution >= 4 is 50.4 Å². The van der Waals surface area contributed by atoms with Gasteiger partial charge in [-0.2, -0.15) is 0 Å². The molecule has 4 N–H and O–H groups in total. The summed E-state index contributed by atoms with van der Waals surface area (Å²) in [4.78, 5) is 19.6. The van der Waals surface area contributed by atoms with Gasteiger partial charge in [-0.05, 0) is 275 Å². The number of hydrogen-bond acceptors (Lipinski definition) is 10. The number of piperidine rings is 6. The smallest absolute Gasteiger partial charge is 0.141 e. The number of benzene rings is 5. The Labute approximate surface area is 644 Å². The molecule has 0 bridgehead atoms. The van der Waals surface area contributed by atoms with Crippen LogP contribution in [0.1, 0.15) is 193 Å². The van der Waals surface area contributed by atoms with Crippen LogP contribution in [0.4, 0.5) is 28.6 Å². The molecule has 8 aromatic rings. The van der Waals surface area contributed by atoms with Gasteiger partial charge in [0.1, 0.15) is 5.82 Å². The number of rotatable bonds is 3. The average Bonchev–Trinajstić information content (AvgIpc) is 1.05. The van der Waals surface area contributed by atoms with E-state index in [9.17, 15) is 0 Å². The Morgan fingerprint density at radius 1 is 0.426 bits per heavy atom. The number of nitrogens with one attached hydrogen (secondary N) is 4. The molecule has 16 aliphatic rings.